The summed E-state index contributed by atoms with van der Waals surface area (Å²) in [6, 6.07) is 1.31. The molecule has 19 heavy (non-hydrogen) atoms. The Kier molecular flexibility index (Phi) is 3.92. The van der Waals surface area contributed by atoms with Gasteiger partial charge in [0.1, 0.15) is 6.29 Å². The summed E-state index contributed by atoms with van der Waals surface area (Å²) in [4.78, 5) is 16.8. The average Bonchev–Trinajstić information content (AvgIpc) is 2.87. The maximum absolute atomic E-state index is 11.6. The summed E-state index contributed by atoms with van der Waals surface area (Å²) in [5, 5.41) is 0. The standard InChI is InChI=1S/C15H26N2O2/c1-13-9-16-6-2-3-14(16)10-17(13)11-15(12-18)4-7-19-8-5-15/h12-14H,2-11H2,1H3. The Hall–Kier alpha value is -0.450. The monoisotopic (exact) mass is 266 g/mol. The summed E-state index contributed by atoms with van der Waals surface area (Å²) in [6.45, 7) is 8.34. The number of fused-ring (bicyclic) bond motifs is 1. The molecule has 0 saturated carbocycles. The van der Waals surface area contributed by atoms with Gasteiger partial charge in [-0.05, 0) is 39.2 Å². The van der Waals surface area contributed by atoms with Crippen LogP contribution in [-0.4, -0.2) is 67.6 Å². The molecule has 4 heteroatoms. The highest BCUT2D eigenvalue weighted by molar-refractivity contribution is 5.60. The van der Waals surface area contributed by atoms with E-state index in [1.807, 2.05) is 0 Å². The molecule has 0 aromatic carbocycles. The third kappa shape index (κ3) is 2.71. The van der Waals surface area contributed by atoms with Crippen molar-refractivity contribution in [2.75, 3.05) is 39.4 Å². The molecule has 3 saturated heterocycles. The van der Waals surface area contributed by atoms with Gasteiger partial charge in [-0.2, -0.15) is 0 Å². The van der Waals surface area contributed by atoms with Crippen LogP contribution in [0.1, 0.15) is 32.6 Å². The fraction of sp³-hybridized carbons (Fsp3) is 0.933. The lowest BCUT2D eigenvalue weighted by Crippen LogP contribution is -2.58. The third-order valence-electron chi connectivity index (χ3n) is 5.32. The van der Waals surface area contributed by atoms with E-state index in [2.05, 4.69) is 16.7 Å². The van der Waals surface area contributed by atoms with Crippen molar-refractivity contribution in [1.82, 2.24) is 9.80 Å². The lowest BCUT2D eigenvalue weighted by molar-refractivity contribution is -0.124. The molecule has 2 atom stereocenters. The molecule has 3 rings (SSSR count). The van der Waals surface area contributed by atoms with E-state index in [1.54, 1.807) is 0 Å². The number of hydrogen-bond acceptors (Lipinski definition) is 4. The van der Waals surface area contributed by atoms with Gasteiger partial charge in [-0.25, -0.2) is 0 Å². The van der Waals surface area contributed by atoms with Crippen LogP contribution in [0.2, 0.25) is 0 Å². The van der Waals surface area contributed by atoms with E-state index < -0.39 is 0 Å². The minimum absolute atomic E-state index is 0.146. The lowest BCUT2D eigenvalue weighted by Gasteiger charge is -2.46. The van der Waals surface area contributed by atoms with Gasteiger partial charge in [-0.3, -0.25) is 9.80 Å². The summed E-state index contributed by atoms with van der Waals surface area (Å²) in [5.41, 5.74) is -0.146. The first-order valence-corrected chi connectivity index (χ1v) is 7.75. The normalized spacial score (nSPS) is 36.1. The van der Waals surface area contributed by atoms with Crippen LogP contribution < -0.4 is 0 Å². The molecule has 3 heterocycles. The zero-order valence-corrected chi connectivity index (χ0v) is 12.0. The second kappa shape index (κ2) is 5.51. The van der Waals surface area contributed by atoms with Crippen LogP contribution in [0.5, 0.6) is 0 Å². The van der Waals surface area contributed by atoms with Crippen molar-refractivity contribution < 1.29 is 9.53 Å². The van der Waals surface area contributed by atoms with Gasteiger partial charge in [0.2, 0.25) is 0 Å². The van der Waals surface area contributed by atoms with Crippen LogP contribution in [0.3, 0.4) is 0 Å². The van der Waals surface area contributed by atoms with E-state index in [-0.39, 0.29) is 5.41 Å². The molecule has 0 amide bonds. The number of carbonyl (C=O) groups excluding carboxylic acids is 1. The number of aldehydes is 1. The van der Waals surface area contributed by atoms with Crippen molar-refractivity contribution >= 4 is 6.29 Å². The highest BCUT2D eigenvalue weighted by Gasteiger charge is 2.40. The zero-order valence-electron chi connectivity index (χ0n) is 12.0. The first-order valence-electron chi connectivity index (χ1n) is 7.75. The van der Waals surface area contributed by atoms with Gasteiger partial charge in [0.15, 0.2) is 0 Å². The fourth-order valence-corrected chi connectivity index (χ4v) is 3.96. The molecule has 0 aromatic heterocycles. The molecular formula is C15H26N2O2. The molecular weight excluding hydrogens is 240 g/mol. The Morgan fingerprint density at radius 2 is 2.11 bits per heavy atom. The maximum atomic E-state index is 11.6. The number of piperazine rings is 1. The van der Waals surface area contributed by atoms with Gasteiger partial charge in [0, 0.05) is 50.3 Å². The number of carbonyl (C=O) groups is 1. The van der Waals surface area contributed by atoms with Gasteiger partial charge in [-0.1, -0.05) is 0 Å². The van der Waals surface area contributed by atoms with E-state index in [0.29, 0.717) is 6.04 Å². The summed E-state index contributed by atoms with van der Waals surface area (Å²) in [6.07, 6.45) is 5.68. The summed E-state index contributed by atoms with van der Waals surface area (Å²) < 4.78 is 5.43. The van der Waals surface area contributed by atoms with E-state index in [9.17, 15) is 4.79 Å². The smallest absolute Gasteiger partial charge is 0.127 e. The molecule has 4 nitrogen and oxygen atoms in total. The molecule has 0 aliphatic carbocycles. The van der Waals surface area contributed by atoms with Crippen LogP contribution in [0.15, 0.2) is 0 Å². The van der Waals surface area contributed by atoms with Crippen LogP contribution >= 0.6 is 0 Å². The highest BCUT2D eigenvalue weighted by atomic mass is 16.5. The number of rotatable bonds is 3. The second-order valence-electron chi connectivity index (χ2n) is 6.66. The summed E-state index contributed by atoms with van der Waals surface area (Å²) in [5.74, 6) is 0. The predicted molar refractivity (Wildman–Crippen MR) is 74.2 cm³/mol. The molecule has 3 fully saturated rings. The van der Waals surface area contributed by atoms with E-state index in [4.69, 9.17) is 4.74 Å². The molecule has 0 N–H and O–H groups in total. The Morgan fingerprint density at radius 1 is 1.32 bits per heavy atom. The fourth-order valence-electron chi connectivity index (χ4n) is 3.96. The lowest BCUT2D eigenvalue weighted by atomic mass is 9.80. The van der Waals surface area contributed by atoms with Gasteiger partial charge in [0.05, 0.1) is 0 Å². The molecule has 108 valence electrons. The first-order chi connectivity index (χ1) is 9.22. The van der Waals surface area contributed by atoms with Crippen LogP contribution in [0, 0.1) is 5.41 Å². The van der Waals surface area contributed by atoms with Crippen LogP contribution in [-0.2, 0) is 9.53 Å². The van der Waals surface area contributed by atoms with Gasteiger partial charge >= 0.3 is 0 Å². The first kappa shape index (κ1) is 13.5. The summed E-state index contributed by atoms with van der Waals surface area (Å²) >= 11 is 0. The quantitative estimate of drug-likeness (QED) is 0.718. The van der Waals surface area contributed by atoms with Gasteiger partial charge < -0.3 is 9.53 Å². The van der Waals surface area contributed by atoms with E-state index in [1.165, 1.54) is 32.2 Å². The Labute approximate surface area is 116 Å². The highest BCUT2D eigenvalue weighted by Crippen LogP contribution is 2.32. The Bertz CT molecular complexity index is 328. The van der Waals surface area contributed by atoms with Crippen molar-refractivity contribution in [2.45, 2.75) is 44.7 Å². The van der Waals surface area contributed by atoms with Crippen molar-refractivity contribution in [3.63, 3.8) is 0 Å². The van der Waals surface area contributed by atoms with Crippen molar-refractivity contribution in [3.8, 4) is 0 Å². The largest absolute Gasteiger partial charge is 0.381 e. The maximum Gasteiger partial charge on any atom is 0.127 e. The van der Waals surface area contributed by atoms with Crippen LogP contribution in [0.25, 0.3) is 0 Å². The molecule has 2 unspecified atom stereocenters. The SMILES string of the molecule is CC1CN2CCCC2CN1CC1(C=O)CCOCC1. The number of ether oxygens (including phenoxy) is 1. The van der Waals surface area contributed by atoms with Gasteiger partial charge in [0.25, 0.3) is 0 Å². The molecule has 0 spiro atoms. The van der Waals surface area contributed by atoms with Crippen molar-refractivity contribution in [2.24, 2.45) is 5.41 Å². The van der Waals surface area contributed by atoms with Crippen molar-refractivity contribution in [3.05, 3.63) is 0 Å². The Balaban J connectivity index is 1.65. The molecule has 3 aliphatic heterocycles. The number of hydrogen-bond donors (Lipinski definition) is 0. The predicted octanol–water partition coefficient (Wildman–Crippen LogP) is 1.15. The van der Waals surface area contributed by atoms with E-state index >= 15 is 0 Å². The van der Waals surface area contributed by atoms with Gasteiger partial charge in [-0.15, -0.1) is 0 Å². The molecule has 0 bridgehead atoms. The molecule has 0 aromatic rings. The minimum atomic E-state index is -0.146. The second-order valence-corrected chi connectivity index (χ2v) is 6.66. The zero-order chi connectivity index (χ0) is 13.3. The number of nitrogens with zero attached hydrogens (tertiary/aromatic N) is 2. The van der Waals surface area contributed by atoms with E-state index in [0.717, 1.165) is 45.2 Å². The van der Waals surface area contributed by atoms with Crippen molar-refractivity contribution in [1.29, 1.82) is 0 Å². The minimum Gasteiger partial charge on any atom is -0.381 e. The topological polar surface area (TPSA) is 32.8 Å². The summed E-state index contributed by atoms with van der Waals surface area (Å²) in [7, 11) is 0. The van der Waals surface area contributed by atoms with Crippen LogP contribution in [0.4, 0.5) is 0 Å². The molecule has 0 radical (unpaired) electrons. The molecule has 3 aliphatic rings. The third-order valence-corrected chi connectivity index (χ3v) is 5.32. The Morgan fingerprint density at radius 3 is 2.84 bits per heavy atom. The average molecular weight is 266 g/mol.